The van der Waals surface area contributed by atoms with E-state index in [4.69, 9.17) is 16.3 Å². The van der Waals surface area contributed by atoms with Crippen molar-refractivity contribution in [3.8, 4) is 0 Å². The number of ether oxygens (including phenoxy) is 1. The van der Waals surface area contributed by atoms with Crippen LogP contribution in [0.1, 0.15) is 25.3 Å². The molecule has 0 amide bonds. The molecule has 1 saturated heterocycles. The van der Waals surface area contributed by atoms with Crippen LogP contribution in [0.5, 0.6) is 0 Å². The number of hydrogen-bond acceptors (Lipinski definition) is 5. The fourth-order valence-electron chi connectivity index (χ4n) is 2.60. The van der Waals surface area contributed by atoms with E-state index in [2.05, 4.69) is 31.8 Å². The molecule has 0 aromatic carbocycles. The summed E-state index contributed by atoms with van der Waals surface area (Å²) in [6, 6.07) is 0. The molecule has 1 N–H and O–H groups in total. The van der Waals surface area contributed by atoms with Crippen LogP contribution in [0.3, 0.4) is 0 Å². The van der Waals surface area contributed by atoms with Crippen LogP contribution < -0.4 is 5.32 Å². The van der Waals surface area contributed by atoms with Gasteiger partial charge in [-0.2, -0.15) is 0 Å². The topological polar surface area (TPSA) is 64.9 Å². The smallest absolute Gasteiger partial charge is 0.222 e. The number of aromatic nitrogens is 4. The van der Waals surface area contributed by atoms with Crippen molar-refractivity contribution in [3.63, 3.8) is 0 Å². The minimum Gasteiger partial charge on any atom is -0.370 e. The largest absolute Gasteiger partial charge is 0.370 e. The maximum Gasteiger partial charge on any atom is 0.222 e. The number of imidazole rings is 1. The van der Waals surface area contributed by atoms with E-state index < -0.39 is 0 Å². The molecule has 2 aromatic rings. The zero-order valence-electron chi connectivity index (χ0n) is 11.9. The number of halogens is 1. The molecule has 7 heteroatoms. The molecule has 1 fully saturated rings. The third-order valence-electron chi connectivity index (χ3n) is 3.70. The average Bonchev–Trinajstić information content (AvgIpc) is 3.14. The molecule has 0 radical (unpaired) electrons. The Kier molecular flexibility index (Phi) is 4.36. The molecule has 2 aromatic heterocycles. The number of aryl methyl sites for hydroxylation is 1. The SMILES string of the molecule is CCn1ccnc1[C@@H]1OCC[C@H]1CNc1ncc(Cl)cn1. The molecule has 3 heterocycles. The van der Waals surface area contributed by atoms with Crippen LogP contribution in [-0.2, 0) is 11.3 Å². The standard InChI is InChI=1S/C14H18ClN5O/c1-2-20-5-4-16-13(20)12-10(3-6-21-12)7-17-14-18-8-11(15)9-19-14/h4-5,8-10,12H,2-3,6-7H2,1H3,(H,17,18,19)/t10-,12+/m0/s1. The van der Waals surface area contributed by atoms with Gasteiger partial charge >= 0.3 is 0 Å². The van der Waals surface area contributed by atoms with Crippen molar-refractivity contribution in [2.75, 3.05) is 18.5 Å². The van der Waals surface area contributed by atoms with Gasteiger partial charge < -0.3 is 14.6 Å². The fourth-order valence-corrected chi connectivity index (χ4v) is 2.70. The molecule has 3 rings (SSSR count). The Balaban J connectivity index is 1.66. The van der Waals surface area contributed by atoms with Gasteiger partial charge in [-0.3, -0.25) is 0 Å². The molecule has 0 unspecified atom stereocenters. The molecule has 0 saturated carbocycles. The summed E-state index contributed by atoms with van der Waals surface area (Å²) >= 11 is 5.78. The monoisotopic (exact) mass is 307 g/mol. The summed E-state index contributed by atoms with van der Waals surface area (Å²) in [5.41, 5.74) is 0. The van der Waals surface area contributed by atoms with Gasteiger partial charge in [0.2, 0.25) is 5.95 Å². The van der Waals surface area contributed by atoms with Gasteiger partial charge in [-0.05, 0) is 13.3 Å². The summed E-state index contributed by atoms with van der Waals surface area (Å²) < 4.78 is 8.00. The van der Waals surface area contributed by atoms with E-state index >= 15 is 0 Å². The summed E-state index contributed by atoms with van der Waals surface area (Å²) in [5, 5.41) is 3.78. The lowest BCUT2D eigenvalue weighted by Crippen LogP contribution is -2.21. The number of rotatable bonds is 5. The number of nitrogens with one attached hydrogen (secondary N) is 1. The predicted molar refractivity (Wildman–Crippen MR) is 80.2 cm³/mol. The molecule has 0 bridgehead atoms. The zero-order chi connectivity index (χ0) is 14.7. The van der Waals surface area contributed by atoms with Crippen LogP contribution in [0.4, 0.5) is 5.95 Å². The predicted octanol–water partition coefficient (Wildman–Crippen LogP) is 2.54. The van der Waals surface area contributed by atoms with E-state index in [9.17, 15) is 0 Å². The van der Waals surface area contributed by atoms with E-state index in [-0.39, 0.29) is 6.10 Å². The Morgan fingerprint density at radius 3 is 2.95 bits per heavy atom. The maximum atomic E-state index is 5.87. The van der Waals surface area contributed by atoms with E-state index in [0.717, 1.165) is 31.9 Å². The first-order valence-electron chi connectivity index (χ1n) is 7.12. The first kappa shape index (κ1) is 14.3. The minimum atomic E-state index is 0.0275. The Morgan fingerprint density at radius 2 is 2.19 bits per heavy atom. The number of nitrogens with zero attached hydrogens (tertiary/aromatic N) is 4. The molecule has 0 aliphatic carbocycles. The molecule has 6 nitrogen and oxygen atoms in total. The highest BCUT2D eigenvalue weighted by molar-refractivity contribution is 6.30. The highest BCUT2D eigenvalue weighted by Crippen LogP contribution is 2.33. The van der Waals surface area contributed by atoms with Crippen molar-refractivity contribution in [3.05, 3.63) is 35.6 Å². The van der Waals surface area contributed by atoms with Crippen LogP contribution >= 0.6 is 11.6 Å². The first-order chi connectivity index (χ1) is 10.3. The molecule has 2 atom stereocenters. The van der Waals surface area contributed by atoms with Gasteiger partial charge in [-0.15, -0.1) is 0 Å². The summed E-state index contributed by atoms with van der Waals surface area (Å²) in [4.78, 5) is 12.7. The van der Waals surface area contributed by atoms with E-state index in [1.807, 2.05) is 12.4 Å². The highest BCUT2D eigenvalue weighted by Gasteiger charge is 2.32. The highest BCUT2D eigenvalue weighted by atomic mass is 35.5. The third kappa shape index (κ3) is 3.16. The Morgan fingerprint density at radius 1 is 1.38 bits per heavy atom. The van der Waals surface area contributed by atoms with Gasteiger partial charge in [0.15, 0.2) is 0 Å². The number of anilines is 1. The lowest BCUT2D eigenvalue weighted by molar-refractivity contribution is 0.0832. The molecule has 0 spiro atoms. The molecule has 112 valence electrons. The van der Waals surface area contributed by atoms with Gasteiger partial charge in [0, 0.05) is 38.0 Å². The molecular weight excluding hydrogens is 290 g/mol. The average molecular weight is 308 g/mol. The zero-order valence-corrected chi connectivity index (χ0v) is 12.6. The Bertz CT molecular complexity index is 585. The number of hydrogen-bond donors (Lipinski definition) is 1. The summed E-state index contributed by atoms with van der Waals surface area (Å²) in [6.45, 7) is 4.52. The van der Waals surface area contributed by atoms with Gasteiger partial charge in [0.25, 0.3) is 0 Å². The van der Waals surface area contributed by atoms with Gasteiger partial charge in [-0.25, -0.2) is 15.0 Å². The summed E-state index contributed by atoms with van der Waals surface area (Å²) in [5.74, 6) is 1.94. The van der Waals surface area contributed by atoms with Crippen LogP contribution in [0, 0.1) is 5.92 Å². The van der Waals surface area contributed by atoms with Crippen LogP contribution in [0.25, 0.3) is 0 Å². The second-order valence-corrected chi connectivity index (χ2v) is 5.45. The molecule has 1 aliphatic rings. The third-order valence-corrected chi connectivity index (χ3v) is 3.89. The van der Waals surface area contributed by atoms with Crippen molar-refractivity contribution in [1.82, 2.24) is 19.5 Å². The van der Waals surface area contributed by atoms with Crippen molar-refractivity contribution in [2.24, 2.45) is 5.92 Å². The van der Waals surface area contributed by atoms with Gasteiger partial charge in [-0.1, -0.05) is 11.6 Å². The summed E-state index contributed by atoms with van der Waals surface area (Å²) in [7, 11) is 0. The Hall–Kier alpha value is -1.66. The maximum absolute atomic E-state index is 5.87. The van der Waals surface area contributed by atoms with Crippen molar-refractivity contribution < 1.29 is 4.74 Å². The van der Waals surface area contributed by atoms with Gasteiger partial charge in [0.1, 0.15) is 11.9 Å². The normalized spacial score (nSPS) is 21.6. The van der Waals surface area contributed by atoms with Crippen molar-refractivity contribution in [1.29, 1.82) is 0 Å². The second kappa shape index (κ2) is 6.41. The molecule has 21 heavy (non-hydrogen) atoms. The van der Waals surface area contributed by atoms with E-state index in [0.29, 0.717) is 16.9 Å². The second-order valence-electron chi connectivity index (χ2n) is 5.02. The summed E-state index contributed by atoms with van der Waals surface area (Å²) in [6.07, 6.45) is 8.02. The Labute approximate surface area is 128 Å². The van der Waals surface area contributed by atoms with E-state index in [1.54, 1.807) is 12.4 Å². The quantitative estimate of drug-likeness (QED) is 0.919. The van der Waals surface area contributed by atoms with Crippen molar-refractivity contribution >= 4 is 17.5 Å². The lowest BCUT2D eigenvalue weighted by Gasteiger charge is -2.19. The minimum absolute atomic E-state index is 0.0275. The van der Waals surface area contributed by atoms with Gasteiger partial charge in [0.05, 0.1) is 17.4 Å². The van der Waals surface area contributed by atoms with Crippen LogP contribution in [0.15, 0.2) is 24.8 Å². The van der Waals surface area contributed by atoms with E-state index in [1.165, 1.54) is 0 Å². The van der Waals surface area contributed by atoms with Crippen LogP contribution in [-0.4, -0.2) is 32.7 Å². The first-order valence-corrected chi connectivity index (χ1v) is 7.49. The molecule has 1 aliphatic heterocycles. The van der Waals surface area contributed by atoms with Crippen LogP contribution in [0.2, 0.25) is 5.02 Å². The fraction of sp³-hybridized carbons (Fsp3) is 0.500. The molecular formula is C14H18ClN5O. The van der Waals surface area contributed by atoms with Crippen molar-refractivity contribution in [2.45, 2.75) is 26.0 Å². The lowest BCUT2D eigenvalue weighted by atomic mass is 10.0.